The summed E-state index contributed by atoms with van der Waals surface area (Å²) < 4.78 is 0. The van der Waals surface area contributed by atoms with Gasteiger partial charge in [0.2, 0.25) is 0 Å². The Morgan fingerprint density at radius 1 is 1.30 bits per heavy atom. The third-order valence-corrected chi connectivity index (χ3v) is 4.37. The summed E-state index contributed by atoms with van der Waals surface area (Å²) >= 11 is 4.71. The van der Waals surface area contributed by atoms with Crippen LogP contribution in [-0.2, 0) is 0 Å². The molecule has 1 heterocycles. The van der Waals surface area contributed by atoms with E-state index in [1.54, 1.807) is 0 Å². The van der Waals surface area contributed by atoms with E-state index in [-0.39, 0.29) is 0 Å². The van der Waals surface area contributed by atoms with Crippen molar-refractivity contribution in [1.82, 2.24) is 4.98 Å². The molecule has 0 bridgehead atoms. The van der Waals surface area contributed by atoms with E-state index in [4.69, 9.17) is 5.73 Å². The van der Waals surface area contributed by atoms with E-state index in [9.17, 15) is 10.2 Å². The van der Waals surface area contributed by atoms with Gasteiger partial charge in [-0.2, -0.15) is 0 Å². The average Bonchev–Trinajstić information content (AvgIpc) is 2.77. The molecule has 20 heavy (non-hydrogen) atoms. The molecule has 0 aliphatic carbocycles. The average molecular weight is 357 g/mol. The SMILES string of the molecule is Cc1sc(N)nc1-c1ccc(C(O)C(O)CCBr)cc1. The van der Waals surface area contributed by atoms with E-state index in [0.717, 1.165) is 16.1 Å². The topological polar surface area (TPSA) is 79.4 Å². The van der Waals surface area contributed by atoms with Gasteiger partial charge in [-0.05, 0) is 18.9 Å². The first kappa shape index (κ1) is 15.4. The number of aliphatic hydroxyl groups is 2. The van der Waals surface area contributed by atoms with Crippen LogP contribution in [0.15, 0.2) is 24.3 Å². The Labute approximate surface area is 130 Å². The Bertz CT molecular complexity index is 571. The van der Waals surface area contributed by atoms with Gasteiger partial charge in [0.25, 0.3) is 0 Å². The molecule has 0 aliphatic heterocycles. The maximum Gasteiger partial charge on any atom is 0.180 e. The summed E-state index contributed by atoms with van der Waals surface area (Å²) in [5, 5.41) is 21.0. The largest absolute Gasteiger partial charge is 0.390 e. The molecule has 1 aromatic heterocycles. The zero-order valence-corrected chi connectivity index (χ0v) is 13.5. The number of thiazole rings is 1. The maximum absolute atomic E-state index is 10.0. The minimum atomic E-state index is -0.872. The molecule has 0 radical (unpaired) electrons. The van der Waals surface area contributed by atoms with Gasteiger partial charge in [-0.25, -0.2) is 4.98 Å². The van der Waals surface area contributed by atoms with Crippen LogP contribution in [0.1, 0.15) is 23.0 Å². The van der Waals surface area contributed by atoms with Gasteiger partial charge in [-0.15, -0.1) is 11.3 Å². The third kappa shape index (κ3) is 3.38. The number of aryl methyl sites for hydroxylation is 1. The summed E-state index contributed by atoms with van der Waals surface area (Å²) in [7, 11) is 0. The molecule has 1 aromatic carbocycles. The standard InChI is InChI=1S/C14H17BrN2O2S/c1-8-12(17-14(16)20-8)9-2-4-10(5-3-9)13(19)11(18)6-7-15/h2-5,11,13,18-19H,6-7H2,1H3,(H2,16,17). The van der Waals surface area contributed by atoms with E-state index in [2.05, 4.69) is 20.9 Å². The number of anilines is 1. The van der Waals surface area contributed by atoms with E-state index >= 15 is 0 Å². The second kappa shape index (κ2) is 6.67. The number of hydrogen-bond donors (Lipinski definition) is 3. The van der Waals surface area contributed by atoms with Gasteiger partial charge >= 0.3 is 0 Å². The lowest BCUT2D eigenvalue weighted by Gasteiger charge is -2.17. The summed E-state index contributed by atoms with van der Waals surface area (Å²) in [5.41, 5.74) is 8.22. The zero-order valence-electron chi connectivity index (χ0n) is 11.1. The van der Waals surface area contributed by atoms with Crippen LogP contribution in [0, 0.1) is 6.92 Å². The second-order valence-electron chi connectivity index (χ2n) is 4.57. The van der Waals surface area contributed by atoms with Crippen LogP contribution in [0.4, 0.5) is 5.13 Å². The number of benzene rings is 1. The molecule has 0 saturated carbocycles. The van der Waals surface area contributed by atoms with Crippen molar-refractivity contribution in [3.05, 3.63) is 34.7 Å². The number of nitrogens with two attached hydrogens (primary N) is 1. The molecule has 0 amide bonds. The summed E-state index contributed by atoms with van der Waals surface area (Å²) in [4.78, 5) is 5.36. The number of alkyl halides is 1. The highest BCUT2D eigenvalue weighted by Gasteiger charge is 2.18. The van der Waals surface area contributed by atoms with E-state index in [1.807, 2.05) is 31.2 Å². The minimum absolute atomic E-state index is 0.505. The first-order valence-corrected chi connectivity index (χ1v) is 8.22. The molecule has 2 rings (SSSR count). The van der Waals surface area contributed by atoms with Gasteiger partial charge in [0.1, 0.15) is 6.10 Å². The monoisotopic (exact) mass is 356 g/mol. The predicted octanol–water partition coefficient (Wildman–Crippen LogP) is 2.88. The fourth-order valence-electron chi connectivity index (χ4n) is 2.01. The lowest BCUT2D eigenvalue weighted by Crippen LogP contribution is -2.18. The zero-order chi connectivity index (χ0) is 14.7. The Hall–Kier alpha value is -0.950. The number of nitrogen functional groups attached to an aromatic ring is 1. The number of halogens is 1. The van der Waals surface area contributed by atoms with Crippen LogP contribution >= 0.6 is 27.3 Å². The number of nitrogens with zero attached hydrogens (tertiary/aromatic N) is 1. The van der Waals surface area contributed by atoms with Gasteiger partial charge in [0.15, 0.2) is 5.13 Å². The van der Waals surface area contributed by atoms with Crippen LogP contribution in [0.25, 0.3) is 11.3 Å². The first-order valence-electron chi connectivity index (χ1n) is 6.28. The molecule has 0 aliphatic rings. The highest BCUT2D eigenvalue weighted by atomic mass is 79.9. The fraction of sp³-hybridized carbons (Fsp3) is 0.357. The number of rotatable bonds is 5. The lowest BCUT2D eigenvalue weighted by molar-refractivity contribution is 0.0174. The van der Waals surface area contributed by atoms with Crippen molar-refractivity contribution in [2.45, 2.75) is 25.6 Å². The molecule has 4 nitrogen and oxygen atoms in total. The Morgan fingerprint density at radius 3 is 2.45 bits per heavy atom. The Kier molecular flexibility index (Phi) is 5.15. The molecule has 4 N–H and O–H groups in total. The van der Waals surface area contributed by atoms with Crippen LogP contribution < -0.4 is 5.73 Å². The number of hydrogen-bond acceptors (Lipinski definition) is 5. The van der Waals surface area contributed by atoms with Crippen molar-refractivity contribution in [2.24, 2.45) is 0 Å². The highest BCUT2D eigenvalue weighted by molar-refractivity contribution is 9.09. The van der Waals surface area contributed by atoms with Crippen LogP contribution in [0.5, 0.6) is 0 Å². The lowest BCUT2D eigenvalue weighted by atomic mass is 10.0. The highest BCUT2D eigenvalue weighted by Crippen LogP contribution is 2.30. The summed E-state index contributed by atoms with van der Waals surface area (Å²) in [5.74, 6) is 0. The molecule has 2 unspecified atom stereocenters. The quantitative estimate of drug-likeness (QED) is 0.719. The normalized spacial score (nSPS) is 14.2. The molecular formula is C14H17BrN2O2S. The third-order valence-electron chi connectivity index (χ3n) is 3.11. The first-order chi connectivity index (χ1) is 9.52. The molecule has 108 valence electrons. The van der Waals surface area contributed by atoms with Gasteiger partial charge in [0, 0.05) is 15.8 Å². The van der Waals surface area contributed by atoms with Crippen LogP contribution in [0.2, 0.25) is 0 Å². The molecule has 0 spiro atoms. The Balaban J connectivity index is 2.20. The maximum atomic E-state index is 10.0. The number of aliphatic hydroxyl groups excluding tert-OH is 2. The summed E-state index contributed by atoms with van der Waals surface area (Å²) in [6.45, 7) is 1.98. The van der Waals surface area contributed by atoms with Crippen molar-refractivity contribution in [2.75, 3.05) is 11.1 Å². The van der Waals surface area contributed by atoms with Gasteiger partial charge in [-0.1, -0.05) is 40.2 Å². The van der Waals surface area contributed by atoms with Gasteiger partial charge in [-0.3, -0.25) is 0 Å². The smallest absolute Gasteiger partial charge is 0.180 e. The number of aromatic nitrogens is 1. The molecule has 0 saturated heterocycles. The van der Waals surface area contributed by atoms with E-state index < -0.39 is 12.2 Å². The summed E-state index contributed by atoms with van der Waals surface area (Å²) in [6.07, 6.45) is -1.13. The fourth-order valence-corrected chi connectivity index (χ4v) is 3.19. The van der Waals surface area contributed by atoms with Crippen molar-refractivity contribution >= 4 is 32.4 Å². The van der Waals surface area contributed by atoms with Crippen molar-refractivity contribution in [3.8, 4) is 11.3 Å². The summed E-state index contributed by atoms with van der Waals surface area (Å²) in [6, 6.07) is 7.40. The minimum Gasteiger partial charge on any atom is -0.390 e. The molecule has 2 aromatic rings. The van der Waals surface area contributed by atoms with Crippen LogP contribution in [-0.4, -0.2) is 26.6 Å². The molecule has 2 atom stereocenters. The predicted molar refractivity (Wildman–Crippen MR) is 86.1 cm³/mol. The van der Waals surface area contributed by atoms with Crippen molar-refractivity contribution < 1.29 is 10.2 Å². The van der Waals surface area contributed by atoms with E-state index in [0.29, 0.717) is 22.4 Å². The van der Waals surface area contributed by atoms with Gasteiger partial charge < -0.3 is 15.9 Å². The van der Waals surface area contributed by atoms with Crippen molar-refractivity contribution in [3.63, 3.8) is 0 Å². The van der Waals surface area contributed by atoms with Crippen LogP contribution in [0.3, 0.4) is 0 Å². The molecular weight excluding hydrogens is 340 g/mol. The Morgan fingerprint density at radius 2 is 1.95 bits per heavy atom. The molecule has 0 fully saturated rings. The second-order valence-corrected chi connectivity index (χ2v) is 6.60. The molecule has 6 heteroatoms. The van der Waals surface area contributed by atoms with Gasteiger partial charge in [0.05, 0.1) is 11.8 Å². The van der Waals surface area contributed by atoms with Crippen molar-refractivity contribution in [1.29, 1.82) is 0 Å². The van der Waals surface area contributed by atoms with E-state index in [1.165, 1.54) is 11.3 Å².